The van der Waals surface area contributed by atoms with Crippen LogP contribution in [0.15, 0.2) is 59.6 Å². The van der Waals surface area contributed by atoms with Gasteiger partial charge < -0.3 is 11.1 Å². The monoisotopic (exact) mass is 425 g/mol. The molecule has 0 atom stereocenters. The summed E-state index contributed by atoms with van der Waals surface area (Å²) in [5.41, 5.74) is 8.06. The number of aliphatic imine (C=N–C) groups is 1. The Balaban J connectivity index is 0.00000192. The fourth-order valence-electron chi connectivity index (χ4n) is 2.89. The number of nitrogens with two attached hydrogens (primary N) is 1. The van der Waals surface area contributed by atoms with Gasteiger partial charge >= 0.3 is 0 Å². The zero-order chi connectivity index (χ0) is 15.4. The van der Waals surface area contributed by atoms with E-state index in [9.17, 15) is 4.39 Å². The van der Waals surface area contributed by atoms with Gasteiger partial charge in [-0.15, -0.1) is 24.0 Å². The molecule has 0 heterocycles. The van der Waals surface area contributed by atoms with Crippen molar-refractivity contribution in [3.63, 3.8) is 0 Å². The smallest absolute Gasteiger partial charge is 0.193 e. The van der Waals surface area contributed by atoms with Crippen LogP contribution in [0.4, 0.5) is 10.1 Å². The summed E-state index contributed by atoms with van der Waals surface area (Å²) in [5, 5.41) is 3.09. The van der Waals surface area contributed by atoms with Crippen LogP contribution in [0.1, 0.15) is 24.8 Å². The van der Waals surface area contributed by atoms with Crippen molar-refractivity contribution in [2.75, 3.05) is 11.9 Å². The van der Waals surface area contributed by atoms with Gasteiger partial charge in [-0.3, -0.25) is 4.99 Å². The average Bonchev–Trinajstić information content (AvgIpc) is 2.49. The number of guanidine groups is 1. The predicted molar refractivity (Wildman–Crippen MR) is 104 cm³/mol. The van der Waals surface area contributed by atoms with Gasteiger partial charge in [0.15, 0.2) is 5.96 Å². The number of nitrogens with zero attached hydrogens (tertiary/aromatic N) is 1. The quantitative estimate of drug-likeness (QED) is 0.436. The van der Waals surface area contributed by atoms with Gasteiger partial charge in [0.2, 0.25) is 0 Å². The van der Waals surface area contributed by atoms with Crippen LogP contribution < -0.4 is 11.1 Å². The summed E-state index contributed by atoms with van der Waals surface area (Å²) in [6.07, 6.45) is 3.32. The average molecular weight is 425 g/mol. The minimum Gasteiger partial charge on any atom is -0.370 e. The molecule has 122 valence electrons. The van der Waals surface area contributed by atoms with Crippen LogP contribution >= 0.6 is 24.0 Å². The van der Waals surface area contributed by atoms with Gasteiger partial charge in [-0.05, 0) is 42.7 Å². The second kappa shape index (κ2) is 7.77. The molecule has 23 heavy (non-hydrogen) atoms. The van der Waals surface area contributed by atoms with E-state index in [0.717, 1.165) is 24.1 Å². The summed E-state index contributed by atoms with van der Waals surface area (Å²) in [5.74, 6) is 0.214. The van der Waals surface area contributed by atoms with Crippen LogP contribution in [0.2, 0.25) is 0 Å². The molecule has 0 amide bonds. The highest BCUT2D eigenvalue weighted by atomic mass is 127. The van der Waals surface area contributed by atoms with E-state index in [0.29, 0.717) is 12.5 Å². The van der Waals surface area contributed by atoms with Crippen LogP contribution in [0.3, 0.4) is 0 Å². The van der Waals surface area contributed by atoms with E-state index in [1.165, 1.54) is 18.6 Å². The van der Waals surface area contributed by atoms with E-state index in [1.807, 2.05) is 42.5 Å². The normalized spacial score (nSPS) is 16.1. The van der Waals surface area contributed by atoms with Crippen LogP contribution in [-0.4, -0.2) is 12.5 Å². The number of hydrogen-bond acceptors (Lipinski definition) is 1. The minimum atomic E-state index is -0.202. The Morgan fingerprint density at radius 2 is 1.74 bits per heavy atom. The van der Waals surface area contributed by atoms with Gasteiger partial charge in [0.25, 0.3) is 0 Å². The molecule has 3 N–H and O–H groups in total. The van der Waals surface area contributed by atoms with Crippen molar-refractivity contribution in [1.82, 2.24) is 0 Å². The minimum absolute atomic E-state index is 0. The van der Waals surface area contributed by atoms with Crippen molar-refractivity contribution < 1.29 is 4.39 Å². The van der Waals surface area contributed by atoms with E-state index < -0.39 is 0 Å². The number of benzene rings is 2. The number of halogens is 2. The first-order valence-electron chi connectivity index (χ1n) is 7.56. The number of rotatable bonds is 4. The summed E-state index contributed by atoms with van der Waals surface area (Å²) >= 11 is 0. The standard InChI is InChI=1S/C18H20FN3.HI/c19-15-9-7-14(8-10-15)18(11-4-12-18)13-21-17(20)22-16-5-2-1-3-6-16;/h1-3,5-10H,4,11-13H2,(H3,20,21,22);1H. The number of nitrogens with one attached hydrogen (secondary N) is 1. The highest BCUT2D eigenvalue weighted by Crippen LogP contribution is 2.44. The third kappa shape index (κ3) is 4.22. The largest absolute Gasteiger partial charge is 0.370 e. The summed E-state index contributed by atoms with van der Waals surface area (Å²) in [6.45, 7) is 0.629. The van der Waals surface area contributed by atoms with Gasteiger partial charge in [0.05, 0.1) is 6.54 Å². The van der Waals surface area contributed by atoms with Gasteiger partial charge in [-0.1, -0.05) is 36.8 Å². The third-order valence-corrected chi connectivity index (χ3v) is 4.37. The molecular formula is C18H21FIN3. The Kier molecular flexibility index (Phi) is 5.98. The lowest BCUT2D eigenvalue weighted by Crippen LogP contribution is -2.38. The lowest BCUT2D eigenvalue weighted by molar-refractivity contribution is 0.253. The maximum Gasteiger partial charge on any atom is 0.193 e. The first kappa shape index (κ1) is 17.7. The van der Waals surface area contributed by atoms with Crippen LogP contribution in [0, 0.1) is 5.82 Å². The molecule has 0 radical (unpaired) electrons. The molecule has 1 saturated carbocycles. The second-order valence-electron chi connectivity index (χ2n) is 5.83. The maximum absolute atomic E-state index is 13.1. The molecule has 0 spiro atoms. The van der Waals surface area contributed by atoms with Gasteiger partial charge in [0, 0.05) is 11.1 Å². The van der Waals surface area contributed by atoms with Crippen LogP contribution in [-0.2, 0) is 5.41 Å². The van der Waals surface area contributed by atoms with Crippen molar-refractivity contribution in [2.24, 2.45) is 10.7 Å². The molecule has 1 fully saturated rings. The summed E-state index contributed by atoms with van der Waals surface area (Å²) in [4.78, 5) is 4.50. The zero-order valence-corrected chi connectivity index (χ0v) is 15.2. The van der Waals surface area contributed by atoms with Crippen LogP contribution in [0.5, 0.6) is 0 Å². The number of hydrogen-bond donors (Lipinski definition) is 2. The van der Waals surface area contributed by atoms with Crippen molar-refractivity contribution in [2.45, 2.75) is 24.7 Å². The molecular weight excluding hydrogens is 404 g/mol. The summed E-state index contributed by atoms with van der Waals surface area (Å²) in [7, 11) is 0. The Bertz CT molecular complexity index is 652. The maximum atomic E-state index is 13.1. The molecule has 0 aliphatic heterocycles. The first-order valence-corrected chi connectivity index (χ1v) is 7.56. The highest BCUT2D eigenvalue weighted by molar-refractivity contribution is 14.0. The Morgan fingerprint density at radius 3 is 2.30 bits per heavy atom. The van der Waals surface area contributed by atoms with E-state index in [2.05, 4.69) is 10.3 Å². The third-order valence-electron chi connectivity index (χ3n) is 4.37. The first-order chi connectivity index (χ1) is 10.7. The second-order valence-corrected chi connectivity index (χ2v) is 5.83. The van der Waals surface area contributed by atoms with Crippen molar-refractivity contribution in [3.8, 4) is 0 Å². The predicted octanol–water partition coefficient (Wildman–Crippen LogP) is 4.29. The van der Waals surface area contributed by atoms with Gasteiger partial charge in [-0.2, -0.15) is 0 Å². The molecule has 5 heteroatoms. The Morgan fingerprint density at radius 1 is 1.09 bits per heavy atom. The molecule has 3 nitrogen and oxygen atoms in total. The number of para-hydroxylation sites is 1. The molecule has 0 unspecified atom stereocenters. The summed E-state index contributed by atoms with van der Waals surface area (Å²) in [6, 6.07) is 16.5. The molecule has 3 rings (SSSR count). The Labute approximate surface area is 153 Å². The Hall–Kier alpha value is -1.63. The van der Waals surface area contributed by atoms with E-state index in [4.69, 9.17) is 5.73 Å². The molecule has 0 saturated heterocycles. The van der Waals surface area contributed by atoms with Gasteiger partial charge in [-0.25, -0.2) is 4.39 Å². The SMILES string of the molecule is I.NC(=NCC1(c2ccc(F)cc2)CCC1)Nc1ccccc1. The number of anilines is 1. The fraction of sp³-hybridized carbons (Fsp3) is 0.278. The molecule has 2 aromatic rings. The van der Waals surface area contributed by atoms with E-state index in [1.54, 1.807) is 0 Å². The lowest BCUT2D eigenvalue weighted by atomic mass is 9.64. The highest BCUT2D eigenvalue weighted by Gasteiger charge is 2.38. The van der Waals surface area contributed by atoms with Crippen LogP contribution in [0.25, 0.3) is 0 Å². The molecule has 1 aliphatic carbocycles. The lowest BCUT2D eigenvalue weighted by Gasteiger charge is -2.41. The van der Waals surface area contributed by atoms with Crippen molar-refractivity contribution >= 4 is 35.6 Å². The molecule has 2 aromatic carbocycles. The van der Waals surface area contributed by atoms with E-state index >= 15 is 0 Å². The van der Waals surface area contributed by atoms with Crippen molar-refractivity contribution in [3.05, 3.63) is 66.0 Å². The van der Waals surface area contributed by atoms with E-state index in [-0.39, 0.29) is 35.2 Å². The molecule has 1 aliphatic rings. The topological polar surface area (TPSA) is 50.4 Å². The fourth-order valence-corrected chi connectivity index (χ4v) is 2.89. The van der Waals surface area contributed by atoms with Crippen molar-refractivity contribution in [1.29, 1.82) is 0 Å². The summed E-state index contributed by atoms with van der Waals surface area (Å²) < 4.78 is 13.1. The van der Waals surface area contributed by atoms with Gasteiger partial charge in [0.1, 0.15) is 5.82 Å². The zero-order valence-electron chi connectivity index (χ0n) is 12.8. The molecule has 0 bridgehead atoms. The molecule has 0 aromatic heterocycles.